The number of ether oxygens (including phenoxy) is 1. The second-order valence-electron chi connectivity index (χ2n) is 9.76. The molecule has 0 saturated carbocycles. The quantitative estimate of drug-likeness (QED) is 0.349. The summed E-state index contributed by atoms with van der Waals surface area (Å²) in [6, 6.07) is 8.59. The summed E-state index contributed by atoms with van der Waals surface area (Å²) in [7, 11) is -4.26. The molecule has 2 aromatic rings. The zero-order valence-corrected chi connectivity index (χ0v) is 24.8. The fourth-order valence-electron chi connectivity index (χ4n) is 4.02. The Hall–Kier alpha value is -2.92. The predicted octanol–water partition coefficient (Wildman–Crippen LogP) is 5.02. The molecule has 0 aliphatic carbocycles. The molecule has 1 aromatic heterocycles. The molecule has 0 aliphatic heterocycles. The number of rotatable bonds is 12. The van der Waals surface area contributed by atoms with Crippen molar-refractivity contribution in [3.8, 4) is 11.1 Å². The first kappa shape index (κ1) is 31.3. The van der Waals surface area contributed by atoms with Crippen LogP contribution in [-0.2, 0) is 37.3 Å². The van der Waals surface area contributed by atoms with Crippen molar-refractivity contribution in [1.29, 1.82) is 0 Å². The van der Waals surface area contributed by atoms with Crippen LogP contribution in [0.25, 0.3) is 11.1 Å². The van der Waals surface area contributed by atoms with Gasteiger partial charge >= 0.3 is 21.2 Å². The number of sulfonamides is 1. The molecule has 2 N–H and O–H groups in total. The molecule has 0 radical (unpaired) electrons. The largest absolute Gasteiger partial charge is 0.464 e. The maximum Gasteiger partial charge on any atom is 0.357 e. The van der Waals surface area contributed by atoms with Gasteiger partial charge in [-0.25, -0.2) is 4.79 Å². The van der Waals surface area contributed by atoms with Gasteiger partial charge in [0.1, 0.15) is 11.0 Å². The van der Waals surface area contributed by atoms with E-state index < -0.39 is 27.3 Å². The predicted molar refractivity (Wildman–Crippen MR) is 151 cm³/mol. The van der Waals surface area contributed by atoms with E-state index in [0.29, 0.717) is 16.5 Å². The Labute approximate surface area is 230 Å². The van der Waals surface area contributed by atoms with Gasteiger partial charge in [-0.3, -0.25) is 14.3 Å². The van der Waals surface area contributed by atoms with Gasteiger partial charge in [0.2, 0.25) is 5.91 Å². The first-order chi connectivity index (χ1) is 17.8. The van der Waals surface area contributed by atoms with Crippen LogP contribution in [0.1, 0.15) is 58.9 Å². The second-order valence-corrected chi connectivity index (χ2v) is 12.5. The monoisotopic (exact) mass is 565 g/mol. The number of esters is 1. The highest BCUT2D eigenvalue weighted by Crippen LogP contribution is 2.38. The highest BCUT2D eigenvalue weighted by atomic mass is 32.2. The molecule has 11 heteroatoms. The molecule has 1 unspecified atom stereocenters. The van der Waals surface area contributed by atoms with Gasteiger partial charge in [0.15, 0.2) is 0 Å². The minimum Gasteiger partial charge on any atom is -0.464 e. The molecule has 38 heavy (non-hydrogen) atoms. The number of carbonyl (C=O) groups is 3. The van der Waals surface area contributed by atoms with Crippen molar-refractivity contribution in [3.05, 3.63) is 40.8 Å². The molecule has 0 fully saturated rings. The lowest BCUT2D eigenvalue weighted by atomic mass is 10.0. The van der Waals surface area contributed by atoms with Crippen LogP contribution < -0.4 is 10.0 Å². The molecule has 2 amide bonds. The van der Waals surface area contributed by atoms with Crippen LogP contribution in [0.3, 0.4) is 0 Å². The van der Waals surface area contributed by atoms with E-state index in [1.807, 2.05) is 44.2 Å². The van der Waals surface area contributed by atoms with E-state index in [1.54, 1.807) is 13.8 Å². The fraction of sp³-hybridized carbons (Fsp3) is 0.519. The Morgan fingerprint density at radius 3 is 2.18 bits per heavy atom. The summed E-state index contributed by atoms with van der Waals surface area (Å²) < 4.78 is 32.8. The SMILES string of the molecule is CCNC(=O)S(=O)(=O)Nc1sc(CC(C)C)cc1-c1ccc(CN(C(C)=O)C(C(=O)OCC)C(C)C)cc1. The zero-order chi connectivity index (χ0) is 28.6. The Bertz CT molecular complexity index is 1220. The van der Waals surface area contributed by atoms with Gasteiger partial charge < -0.3 is 15.0 Å². The Balaban J connectivity index is 2.40. The van der Waals surface area contributed by atoms with Crippen LogP contribution >= 0.6 is 11.3 Å². The Kier molecular flexibility index (Phi) is 11.3. The number of amides is 2. The third-order valence-corrected chi connectivity index (χ3v) is 8.01. The molecule has 9 nitrogen and oxygen atoms in total. The molecular weight excluding hydrogens is 526 g/mol. The molecule has 0 saturated heterocycles. The number of carbonyl (C=O) groups excluding carboxylic acids is 3. The van der Waals surface area contributed by atoms with Gasteiger partial charge in [-0.05, 0) is 49.3 Å². The lowest BCUT2D eigenvalue weighted by Gasteiger charge is -2.32. The highest BCUT2D eigenvalue weighted by Gasteiger charge is 2.32. The van der Waals surface area contributed by atoms with Crippen molar-refractivity contribution in [3.63, 3.8) is 0 Å². The minimum atomic E-state index is -4.26. The van der Waals surface area contributed by atoms with Crippen LogP contribution in [0.2, 0.25) is 0 Å². The first-order valence-electron chi connectivity index (χ1n) is 12.8. The number of nitrogens with zero attached hydrogens (tertiary/aromatic N) is 1. The summed E-state index contributed by atoms with van der Waals surface area (Å²) >= 11 is 1.30. The van der Waals surface area contributed by atoms with Crippen LogP contribution in [0.5, 0.6) is 0 Å². The topological polar surface area (TPSA) is 122 Å². The number of hydrogen-bond donors (Lipinski definition) is 2. The van der Waals surface area contributed by atoms with E-state index in [4.69, 9.17) is 4.74 Å². The molecule has 1 heterocycles. The van der Waals surface area contributed by atoms with E-state index >= 15 is 0 Å². The second kappa shape index (κ2) is 13.7. The average molecular weight is 566 g/mol. The molecule has 1 atom stereocenters. The summed E-state index contributed by atoms with van der Waals surface area (Å²) in [4.78, 5) is 39.6. The number of anilines is 1. The standard InChI is InChI=1S/C27H39N3O6S2/c1-8-28-27(33)38(34,35)29-25-23(15-22(37-25)14-17(3)4)21-12-10-20(11-13-21)16-30(19(7)31)24(18(5)6)26(32)36-9-2/h10-13,15,17-18,24,29H,8-9,14,16H2,1-7H3,(H,28,33). The summed E-state index contributed by atoms with van der Waals surface area (Å²) in [6.45, 7) is 13.3. The van der Waals surface area contributed by atoms with Gasteiger partial charge in [-0.15, -0.1) is 11.3 Å². The van der Waals surface area contributed by atoms with Crippen LogP contribution in [-0.4, -0.2) is 49.6 Å². The molecule has 2 rings (SSSR count). The lowest BCUT2D eigenvalue weighted by Crippen LogP contribution is -2.47. The van der Waals surface area contributed by atoms with Crippen molar-refractivity contribution in [1.82, 2.24) is 10.2 Å². The fourth-order valence-corrected chi connectivity index (χ4v) is 6.44. The van der Waals surface area contributed by atoms with E-state index in [1.165, 1.54) is 23.2 Å². The maximum absolute atomic E-state index is 12.6. The zero-order valence-electron chi connectivity index (χ0n) is 23.2. The van der Waals surface area contributed by atoms with Crippen molar-refractivity contribution in [2.45, 2.75) is 67.5 Å². The van der Waals surface area contributed by atoms with Crippen molar-refractivity contribution in [2.75, 3.05) is 17.9 Å². The smallest absolute Gasteiger partial charge is 0.357 e. The normalized spacial score (nSPS) is 12.3. The maximum atomic E-state index is 12.6. The van der Waals surface area contributed by atoms with E-state index in [9.17, 15) is 22.8 Å². The highest BCUT2D eigenvalue weighted by molar-refractivity contribution is 8.07. The van der Waals surface area contributed by atoms with Gasteiger partial charge in [0.25, 0.3) is 0 Å². The summed E-state index contributed by atoms with van der Waals surface area (Å²) in [5.74, 6) is -0.446. The van der Waals surface area contributed by atoms with Gasteiger partial charge in [-0.2, -0.15) is 8.42 Å². The van der Waals surface area contributed by atoms with Gasteiger partial charge in [-0.1, -0.05) is 52.0 Å². The molecule has 1 aromatic carbocycles. The minimum absolute atomic E-state index is 0.136. The average Bonchev–Trinajstić information content (AvgIpc) is 3.19. The molecular formula is C27H39N3O6S2. The van der Waals surface area contributed by atoms with Crippen LogP contribution in [0.15, 0.2) is 30.3 Å². The van der Waals surface area contributed by atoms with Gasteiger partial charge in [0, 0.05) is 30.5 Å². The number of nitrogens with one attached hydrogen (secondary N) is 2. The Morgan fingerprint density at radius 1 is 1.05 bits per heavy atom. The third-order valence-electron chi connectivity index (χ3n) is 5.70. The third kappa shape index (κ3) is 8.29. The van der Waals surface area contributed by atoms with Crippen LogP contribution in [0, 0.1) is 11.8 Å². The lowest BCUT2D eigenvalue weighted by molar-refractivity contribution is -0.156. The van der Waals surface area contributed by atoms with Crippen molar-refractivity contribution < 1.29 is 27.5 Å². The summed E-state index contributed by atoms with van der Waals surface area (Å²) in [6.07, 6.45) is 0.761. The summed E-state index contributed by atoms with van der Waals surface area (Å²) in [5.41, 5.74) is 2.23. The van der Waals surface area contributed by atoms with E-state index in [2.05, 4.69) is 23.9 Å². The number of benzene rings is 1. The summed E-state index contributed by atoms with van der Waals surface area (Å²) in [5, 5.41) is 1.61. The Morgan fingerprint density at radius 2 is 1.68 bits per heavy atom. The molecule has 0 spiro atoms. The molecule has 0 aliphatic rings. The van der Waals surface area contributed by atoms with E-state index in [-0.39, 0.29) is 31.5 Å². The molecule has 210 valence electrons. The van der Waals surface area contributed by atoms with Crippen LogP contribution in [0.4, 0.5) is 9.80 Å². The first-order valence-corrected chi connectivity index (χ1v) is 15.1. The molecule has 0 bridgehead atoms. The van der Waals surface area contributed by atoms with Crippen molar-refractivity contribution in [2.24, 2.45) is 11.8 Å². The number of thiophene rings is 1. The van der Waals surface area contributed by atoms with Crippen molar-refractivity contribution >= 4 is 43.5 Å². The van der Waals surface area contributed by atoms with Gasteiger partial charge in [0.05, 0.1) is 6.61 Å². The van der Waals surface area contributed by atoms with E-state index in [0.717, 1.165) is 22.4 Å². The number of hydrogen-bond acceptors (Lipinski definition) is 7.